The Morgan fingerprint density at radius 2 is 2.04 bits per heavy atom. The van der Waals surface area contributed by atoms with Crippen molar-refractivity contribution in [2.75, 3.05) is 22.5 Å². The number of nitrogens with zero attached hydrogens (tertiary/aromatic N) is 3. The minimum Gasteiger partial charge on any atom is -0.393 e. The smallest absolute Gasteiger partial charge is 0.159 e. The third kappa shape index (κ3) is 3.36. The van der Waals surface area contributed by atoms with Crippen LogP contribution in [0.15, 0.2) is 30.6 Å². The van der Waals surface area contributed by atoms with Gasteiger partial charge in [0.2, 0.25) is 0 Å². The molecule has 1 fully saturated rings. The summed E-state index contributed by atoms with van der Waals surface area (Å²) in [7, 11) is 0. The Labute approximate surface area is 135 Å². The Kier molecular flexibility index (Phi) is 4.60. The maximum atomic E-state index is 13.0. The fraction of sp³-hybridized carbons (Fsp3) is 0.412. The van der Waals surface area contributed by atoms with Crippen molar-refractivity contribution < 1.29 is 4.39 Å². The van der Waals surface area contributed by atoms with Crippen LogP contribution in [0, 0.1) is 5.82 Å². The maximum Gasteiger partial charge on any atom is 0.159 e. The molecule has 0 aliphatic carbocycles. The van der Waals surface area contributed by atoms with Gasteiger partial charge in [0.25, 0.3) is 0 Å². The quantitative estimate of drug-likeness (QED) is 0.900. The lowest BCUT2D eigenvalue weighted by atomic mass is 10.00. The first-order valence-corrected chi connectivity index (χ1v) is 8.08. The Balaban J connectivity index is 1.87. The van der Waals surface area contributed by atoms with Gasteiger partial charge >= 0.3 is 0 Å². The van der Waals surface area contributed by atoms with Crippen LogP contribution in [0.4, 0.5) is 27.4 Å². The van der Waals surface area contributed by atoms with E-state index in [-0.39, 0.29) is 5.82 Å². The number of aromatic nitrogens is 2. The van der Waals surface area contributed by atoms with Crippen LogP contribution >= 0.6 is 0 Å². The van der Waals surface area contributed by atoms with E-state index in [0.717, 1.165) is 30.9 Å². The number of hydrogen-bond donors (Lipinski definition) is 2. The van der Waals surface area contributed by atoms with Crippen LogP contribution in [0.3, 0.4) is 0 Å². The van der Waals surface area contributed by atoms with Crippen molar-refractivity contribution in [2.24, 2.45) is 0 Å². The van der Waals surface area contributed by atoms with Gasteiger partial charge in [-0.15, -0.1) is 0 Å². The summed E-state index contributed by atoms with van der Waals surface area (Å²) in [6, 6.07) is 6.59. The fourth-order valence-corrected chi connectivity index (χ4v) is 3.09. The number of nitrogen functional groups attached to an aromatic ring is 1. The third-order valence-electron chi connectivity index (χ3n) is 4.34. The van der Waals surface area contributed by atoms with Gasteiger partial charge in [-0.25, -0.2) is 14.4 Å². The highest BCUT2D eigenvalue weighted by molar-refractivity contribution is 5.78. The standard InChI is InChI=1S/C17H22FN5/c1-2-14-5-3-4-10-23(14)17-15(19)16(20-11-21-17)22-13-8-6-12(18)7-9-13/h6-9,11,14H,2-5,10,19H2,1H3,(H,20,21,22). The van der Waals surface area contributed by atoms with Crippen LogP contribution in [0.5, 0.6) is 0 Å². The molecule has 0 amide bonds. The van der Waals surface area contributed by atoms with Crippen molar-refractivity contribution in [1.29, 1.82) is 0 Å². The van der Waals surface area contributed by atoms with E-state index in [1.807, 2.05) is 0 Å². The molecule has 0 spiro atoms. The molecule has 1 atom stereocenters. The van der Waals surface area contributed by atoms with Gasteiger partial charge in [-0.1, -0.05) is 6.92 Å². The van der Waals surface area contributed by atoms with Gasteiger partial charge in [-0.2, -0.15) is 0 Å². The van der Waals surface area contributed by atoms with Crippen LogP contribution in [-0.4, -0.2) is 22.6 Å². The second-order valence-electron chi connectivity index (χ2n) is 5.84. The Hall–Kier alpha value is -2.37. The summed E-state index contributed by atoms with van der Waals surface area (Å²) in [6.07, 6.45) is 6.17. The van der Waals surface area contributed by atoms with E-state index >= 15 is 0 Å². The van der Waals surface area contributed by atoms with Gasteiger partial charge in [-0.3, -0.25) is 0 Å². The highest BCUT2D eigenvalue weighted by Crippen LogP contribution is 2.33. The molecule has 122 valence electrons. The zero-order valence-electron chi connectivity index (χ0n) is 13.3. The van der Waals surface area contributed by atoms with E-state index in [0.29, 0.717) is 17.5 Å². The molecule has 1 aliphatic heterocycles. The number of nitrogens with one attached hydrogen (secondary N) is 1. The number of piperidine rings is 1. The summed E-state index contributed by atoms with van der Waals surface area (Å²) in [5.74, 6) is 1.07. The van der Waals surface area contributed by atoms with Crippen molar-refractivity contribution >= 4 is 23.0 Å². The molecule has 23 heavy (non-hydrogen) atoms. The summed E-state index contributed by atoms with van der Waals surface area (Å²) in [5, 5.41) is 3.14. The molecule has 0 bridgehead atoms. The molecule has 1 unspecified atom stereocenters. The second-order valence-corrected chi connectivity index (χ2v) is 5.84. The number of halogens is 1. The van der Waals surface area contributed by atoms with Gasteiger partial charge in [-0.05, 0) is 49.9 Å². The van der Waals surface area contributed by atoms with Gasteiger partial charge in [0.1, 0.15) is 17.8 Å². The number of anilines is 4. The van der Waals surface area contributed by atoms with E-state index in [1.165, 1.54) is 31.3 Å². The SMILES string of the molecule is CCC1CCCCN1c1ncnc(Nc2ccc(F)cc2)c1N. The van der Waals surface area contributed by atoms with E-state index in [9.17, 15) is 4.39 Å². The van der Waals surface area contributed by atoms with Crippen molar-refractivity contribution in [2.45, 2.75) is 38.6 Å². The fourth-order valence-electron chi connectivity index (χ4n) is 3.09. The van der Waals surface area contributed by atoms with Crippen molar-refractivity contribution in [3.63, 3.8) is 0 Å². The molecule has 1 saturated heterocycles. The first-order chi connectivity index (χ1) is 11.2. The first kappa shape index (κ1) is 15.5. The van der Waals surface area contributed by atoms with E-state index in [1.54, 1.807) is 12.1 Å². The first-order valence-electron chi connectivity index (χ1n) is 8.08. The number of benzene rings is 1. The summed E-state index contributed by atoms with van der Waals surface area (Å²) in [6.45, 7) is 3.16. The number of rotatable bonds is 4. The Morgan fingerprint density at radius 3 is 2.78 bits per heavy atom. The van der Waals surface area contributed by atoms with Gasteiger partial charge in [0, 0.05) is 18.3 Å². The van der Waals surface area contributed by atoms with Crippen LogP contribution in [0.25, 0.3) is 0 Å². The summed E-state index contributed by atoms with van der Waals surface area (Å²) in [5.41, 5.74) is 7.59. The minimum atomic E-state index is -0.272. The van der Waals surface area contributed by atoms with Crippen molar-refractivity contribution in [3.8, 4) is 0 Å². The third-order valence-corrected chi connectivity index (χ3v) is 4.34. The van der Waals surface area contributed by atoms with Gasteiger partial charge < -0.3 is 16.0 Å². The van der Waals surface area contributed by atoms with Crippen molar-refractivity contribution in [1.82, 2.24) is 9.97 Å². The molecule has 1 aromatic heterocycles. The molecule has 2 heterocycles. The molecule has 0 radical (unpaired) electrons. The summed E-state index contributed by atoms with van der Waals surface area (Å²) in [4.78, 5) is 10.9. The Bertz CT molecular complexity index is 659. The molecule has 2 aromatic rings. The molecule has 0 saturated carbocycles. The van der Waals surface area contributed by atoms with Gasteiger partial charge in [0.05, 0.1) is 0 Å². The van der Waals surface area contributed by atoms with E-state index < -0.39 is 0 Å². The average Bonchev–Trinajstić information content (AvgIpc) is 2.59. The number of nitrogens with two attached hydrogens (primary N) is 1. The molecule has 1 aliphatic rings. The second kappa shape index (κ2) is 6.81. The topological polar surface area (TPSA) is 67.1 Å². The number of hydrogen-bond acceptors (Lipinski definition) is 5. The van der Waals surface area contributed by atoms with E-state index in [4.69, 9.17) is 5.73 Å². The predicted octanol–water partition coefficient (Wildman–Crippen LogP) is 3.71. The average molecular weight is 315 g/mol. The summed E-state index contributed by atoms with van der Waals surface area (Å²) < 4.78 is 13.0. The van der Waals surface area contributed by atoms with Crippen molar-refractivity contribution in [3.05, 3.63) is 36.4 Å². The predicted molar refractivity (Wildman–Crippen MR) is 91.4 cm³/mol. The molecule has 3 rings (SSSR count). The Morgan fingerprint density at radius 1 is 1.26 bits per heavy atom. The van der Waals surface area contributed by atoms with Crippen LogP contribution in [0.1, 0.15) is 32.6 Å². The zero-order chi connectivity index (χ0) is 16.2. The minimum absolute atomic E-state index is 0.272. The molecular formula is C17H22FN5. The molecule has 5 nitrogen and oxygen atoms in total. The zero-order valence-corrected chi connectivity index (χ0v) is 13.3. The molecule has 1 aromatic carbocycles. The normalized spacial score (nSPS) is 18.0. The van der Waals surface area contributed by atoms with Crippen LogP contribution < -0.4 is 16.0 Å². The van der Waals surface area contributed by atoms with E-state index in [2.05, 4.69) is 27.1 Å². The maximum absolute atomic E-state index is 13.0. The monoisotopic (exact) mass is 315 g/mol. The van der Waals surface area contributed by atoms with Crippen LogP contribution in [-0.2, 0) is 0 Å². The largest absolute Gasteiger partial charge is 0.393 e. The molecular weight excluding hydrogens is 293 g/mol. The lowest BCUT2D eigenvalue weighted by Crippen LogP contribution is -2.40. The van der Waals surface area contributed by atoms with Crippen LogP contribution in [0.2, 0.25) is 0 Å². The summed E-state index contributed by atoms with van der Waals surface area (Å²) >= 11 is 0. The lowest BCUT2D eigenvalue weighted by molar-refractivity contribution is 0.447. The molecule has 6 heteroatoms. The molecule has 3 N–H and O–H groups in total. The highest BCUT2D eigenvalue weighted by Gasteiger charge is 2.24. The lowest BCUT2D eigenvalue weighted by Gasteiger charge is -2.36. The van der Waals surface area contributed by atoms with Gasteiger partial charge in [0.15, 0.2) is 11.6 Å². The highest BCUT2D eigenvalue weighted by atomic mass is 19.1.